The summed E-state index contributed by atoms with van der Waals surface area (Å²) in [6.45, 7) is 0. The van der Waals surface area contributed by atoms with Gasteiger partial charge in [0.1, 0.15) is 12.0 Å². The molecule has 0 fully saturated rings. The van der Waals surface area contributed by atoms with Crippen molar-refractivity contribution < 1.29 is 4.79 Å². The molecule has 0 bridgehead atoms. The van der Waals surface area contributed by atoms with Gasteiger partial charge < -0.3 is 5.32 Å². The van der Waals surface area contributed by atoms with Gasteiger partial charge in [0.2, 0.25) is 0 Å². The number of anilines is 1. The summed E-state index contributed by atoms with van der Waals surface area (Å²) in [5.74, 6) is 5.79. The Bertz CT molecular complexity index is 1160. The normalized spacial score (nSPS) is 10.0. The van der Waals surface area contributed by atoms with Gasteiger partial charge in [-0.25, -0.2) is 4.98 Å². The van der Waals surface area contributed by atoms with E-state index in [9.17, 15) is 4.79 Å². The van der Waals surface area contributed by atoms with Crippen molar-refractivity contribution >= 4 is 11.6 Å². The molecule has 0 radical (unpaired) electrons. The Kier molecular flexibility index (Phi) is 4.85. The number of tetrazole rings is 1. The maximum atomic E-state index is 12.8. The van der Waals surface area contributed by atoms with Crippen molar-refractivity contribution in [3.8, 4) is 17.5 Å². The summed E-state index contributed by atoms with van der Waals surface area (Å²) in [5.41, 5.74) is 3.16. The van der Waals surface area contributed by atoms with Gasteiger partial charge in [-0.1, -0.05) is 30.2 Å². The maximum Gasteiger partial charge on any atom is 0.257 e. The van der Waals surface area contributed by atoms with Crippen molar-refractivity contribution in [2.75, 3.05) is 5.32 Å². The molecular weight excluding hydrogens is 352 g/mol. The summed E-state index contributed by atoms with van der Waals surface area (Å²) >= 11 is 0. The topological polar surface area (TPSA) is 85.6 Å². The number of nitrogens with zero attached hydrogens (tertiary/aromatic N) is 5. The molecule has 4 rings (SSSR count). The monoisotopic (exact) mass is 366 g/mol. The van der Waals surface area contributed by atoms with Gasteiger partial charge in [0.25, 0.3) is 5.91 Å². The van der Waals surface area contributed by atoms with Crippen LogP contribution >= 0.6 is 0 Å². The van der Waals surface area contributed by atoms with Crippen LogP contribution in [0, 0.1) is 11.8 Å². The number of hydrogen-bond acceptors (Lipinski definition) is 5. The van der Waals surface area contributed by atoms with Crippen LogP contribution in [0.5, 0.6) is 0 Å². The lowest BCUT2D eigenvalue weighted by Gasteiger charge is -2.09. The third kappa shape index (κ3) is 3.92. The SMILES string of the molecule is O=C(Nc1cccc(C#Cc2ccccn2)c1)c1ccccc1-n1cnnn1. The van der Waals surface area contributed by atoms with Crippen molar-refractivity contribution in [2.24, 2.45) is 0 Å². The highest BCUT2D eigenvalue weighted by Gasteiger charge is 2.13. The summed E-state index contributed by atoms with van der Waals surface area (Å²) in [4.78, 5) is 17.0. The van der Waals surface area contributed by atoms with E-state index < -0.39 is 0 Å². The number of pyridine rings is 1. The van der Waals surface area contributed by atoms with Crippen LogP contribution < -0.4 is 5.32 Å². The Morgan fingerprint density at radius 3 is 2.68 bits per heavy atom. The van der Waals surface area contributed by atoms with Gasteiger partial charge in [-0.05, 0) is 58.8 Å². The van der Waals surface area contributed by atoms with Crippen molar-refractivity contribution in [3.05, 3.63) is 96.1 Å². The standard InChI is InChI=1S/C21H14N6O/c28-21(19-9-1-2-10-20(19)27-15-23-25-26-27)24-18-8-5-6-16(14-18)11-12-17-7-3-4-13-22-17/h1-10,13-15H,(H,24,28). The highest BCUT2D eigenvalue weighted by Crippen LogP contribution is 2.16. The molecule has 0 aliphatic rings. The highest BCUT2D eigenvalue weighted by atomic mass is 16.1. The number of aromatic nitrogens is 5. The molecule has 0 aliphatic carbocycles. The van der Waals surface area contributed by atoms with Crippen LogP contribution in [0.4, 0.5) is 5.69 Å². The molecule has 7 nitrogen and oxygen atoms in total. The lowest BCUT2D eigenvalue weighted by molar-refractivity contribution is 0.102. The van der Waals surface area contributed by atoms with E-state index in [0.29, 0.717) is 22.6 Å². The Morgan fingerprint density at radius 1 is 0.964 bits per heavy atom. The lowest BCUT2D eigenvalue weighted by Crippen LogP contribution is -2.15. The highest BCUT2D eigenvalue weighted by molar-refractivity contribution is 6.06. The number of hydrogen-bond donors (Lipinski definition) is 1. The van der Waals surface area contributed by atoms with Crippen molar-refractivity contribution in [2.45, 2.75) is 0 Å². The first-order chi connectivity index (χ1) is 13.8. The zero-order chi connectivity index (χ0) is 19.2. The Balaban J connectivity index is 1.56. The van der Waals surface area contributed by atoms with E-state index in [0.717, 1.165) is 5.56 Å². The Labute approximate surface area is 161 Å². The fourth-order valence-corrected chi connectivity index (χ4v) is 2.58. The van der Waals surface area contributed by atoms with Crippen LogP contribution in [0.25, 0.3) is 5.69 Å². The second-order valence-corrected chi connectivity index (χ2v) is 5.77. The maximum absolute atomic E-state index is 12.8. The van der Waals surface area contributed by atoms with E-state index in [-0.39, 0.29) is 5.91 Å². The Hall–Kier alpha value is -4.31. The van der Waals surface area contributed by atoms with Gasteiger partial charge in [0.15, 0.2) is 0 Å². The van der Waals surface area contributed by atoms with Crippen molar-refractivity contribution in [3.63, 3.8) is 0 Å². The van der Waals surface area contributed by atoms with E-state index in [4.69, 9.17) is 0 Å². The molecule has 2 aromatic carbocycles. The van der Waals surface area contributed by atoms with Crippen LogP contribution in [-0.4, -0.2) is 31.1 Å². The molecule has 0 aliphatic heterocycles. The van der Waals surface area contributed by atoms with Crippen LogP contribution in [0.2, 0.25) is 0 Å². The second kappa shape index (κ2) is 7.93. The zero-order valence-electron chi connectivity index (χ0n) is 14.6. The molecule has 0 atom stereocenters. The molecule has 1 amide bonds. The number of nitrogens with one attached hydrogen (secondary N) is 1. The average molecular weight is 366 g/mol. The molecule has 1 N–H and O–H groups in total. The first-order valence-electron chi connectivity index (χ1n) is 8.46. The average Bonchev–Trinajstić information content (AvgIpc) is 3.28. The van der Waals surface area contributed by atoms with Gasteiger partial charge in [-0.3, -0.25) is 4.79 Å². The van der Waals surface area contributed by atoms with Crippen molar-refractivity contribution in [1.82, 2.24) is 25.2 Å². The minimum Gasteiger partial charge on any atom is -0.322 e. The van der Waals surface area contributed by atoms with Crippen molar-refractivity contribution in [1.29, 1.82) is 0 Å². The fraction of sp³-hybridized carbons (Fsp3) is 0. The van der Waals surface area contributed by atoms with E-state index in [2.05, 4.69) is 37.7 Å². The van der Waals surface area contributed by atoms with Crippen LogP contribution in [0.15, 0.2) is 79.3 Å². The number of carbonyl (C=O) groups excluding carboxylic acids is 1. The van der Waals surface area contributed by atoms with E-state index in [1.165, 1.54) is 11.0 Å². The predicted molar refractivity (Wildman–Crippen MR) is 104 cm³/mol. The predicted octanol–water partition coefficient (Wildman–Crippen LogP) is 2.71. The quantitative estimate of drug-likeness (QED) is 0.564. The molecule has 0 saturated heterocycles. The van der Waals surface area contributed by atoms with E-state index in [1.54, 1.807) is 24.4 Å². The third-order valence-electron chi connectivity index (χ3n) is 3.86. The summed E-state index contributed by atoms with van der Waals surface area (Å²) in [7, 11) is 0. The summed E-state index contributed by atoms with van der Waals surface area (Å²) in [6, 6.07) is 20.0. The molecule has 0 saturated carbocycles. The van der Waals surface area contributed by atoms with Gasteiger partial charge in [0, 0.05) is 17.4 Å². The zero-order valence-corrected chi connectivity index (χ0v) is 14.6. The van der Waals surface area contributed by atoms with Crippen LogP contribution in [0.1, 0.15) is 21.6 Å². The van der Waals surface area contributed by atoms with Gasteiger partial charge in [0.05, 0.1) is 11.3 Å². The first-order valence-corrected chi connectivity index (χ1v) is 8.46. The summed E-state index contributed by atoms with van der Waals surface area (Å²) < 4.78 is 1.45. The molecule has 4 aromatic rings. The Morgan fingerprint density at radius 2 is 1.86 bits per heavy atom. The molecular formula is C21H14N6O. The first kappa shape index (κ1) is 17.1. The minimum atomic E-state index is -0.263. The molecule has 28 heavy (non-hydrogen) atoms. The summed E-state index contributed by atoms with van der Waals surface area (Å²) in [5, 5.41) is 14.0. The van der Waals surface area contributed by atoms with Gasteiger partial charge in [-0.15, -0.1) is 5.10 Å². The molecule has 0 spiro atoms. The van der Waals surface area contributed by atoms with Gasteiger partial charge in [-0.2, -0.15) is 4.68 Å². The van der Waals surface area contributed by atoms with Crippen LogP contribution in [-0.2, 0) is 0 Å². The van der Waals surface area contributed by atoms with Gasteiger partial charge >= 0.3 is 0 Å². The number of para-hydroxylation sites is 1. The number of benzene rings is 2. The largest absolute Gasteiger partial charge is 0.322 e. The number of carbonyl (C=O) groups is 1. The molecule has 7 heteroatoms. The lowest BCUT2D eigenvalue weighted by atomic mass is 10.1. The minimum absolute atomic E-state index is 0.263. The smallest absolute Gasteiger partial charge is 0.257 e. The number of rotatable bonds is 3. The number of amides is 1. The fourth-order valence-electron chi connectivity index (χ4n) is 2.58. The summed E-state index contributed by atoms with van der Waals surface area (Å²) in [6.07, 6.45) is 3.14. The molecule has 134 valence electrons. The molecule has 2 heterocycles. The molecule has 0 unspecified atom stereocenters. The second-order valence-electron chi connectivity index (χ2n) is 5.77. The molecule has 2 aromatic heterocycles. The third-order valence-corrected chi connectivity index (χ3v) is 3.86. The van der Waals surface area contributed by atoms with E-state index >= 15 is 0 Å². The van der Waals surface area contributed by atoms with Crippen LogP contribution in [0.3, 0.4) is 0 Å². The van der Waals surface area contributed by atoms with E-state index in [1.807, 2.05) is 48.5 Å².